The molecule has 1 unspecified atom stereocenters. The van der Waals surface area contributed by atoms with Gasteiger partial charge in [0.1, 0.15) is 17.3 Å². The first-order valence-corrected chi connectivity index (χ1v) is 12.1. The molecule has 1 N–H and O–H groups in total. The highest BCUT2D eigenvalue weighted by Crippen LogP contribution is 2.41. The zero-order chi connectivity index (χ0) is 25.1. The van der Waals surface area contributed by atoms with E-state index in [1.54, 1.807) is 60.9 Å². The third-order valence-corrected chi connectivity index (χ3v) is 6.41. The summed E-state index contributed by atoms with van der Waals surface area (Å²) in [6.07, 6.45) is 3.30. The summed E-state index contributed by atoms with van der Waals surface area (Å²) in [6, 6.07) is 26.3. The number of para-hydroxylation sites is 1. The SMILES string of the molecule is O=C1C(=O)N(Cc2cccnc2)C(c2cccc(Oc3ccccc3)c2)/C1=C(/O)c1ccc(Br)cc1. The van der Waals surface area contributed by atoms with E-state index < -0.39 is 17.7 Å². The van der Waals surface area contributed by atoms with Gasteiger partial charge in [0, 0.05) is 29.0 Å². The Morgan fingerprint density at radius 1 is 0.917 bits per heavy atom. The molecule has 6 nitrogen and oxygen atoms in total. The van der Waals surface area contributed by atoms with Crippen molar-refractivity contribution in [3.8, 4) is 11.5 Å². The van der Waals surface area contributed by atoms with Crippen molar-refractivity contribution < 1.29 is 19.4 Å². The minimum Gasteiger partial charge on any atom is -0.507 e. The fourth-order valence-corrected chi connectivity index (χ4v) is 4.48. The summed E-state index contributed by atoms with van der Waals surface area (Å²) in [5.41, 5.74) is 1.89. The van der Waals surface area contributed by atoms with Crippen LogP contribution < -0.4 is 4.74 Å². The number of nitrogens with zero attached hydrogens (tertiary/aromatic N) is 2. The first-order chi connectivity index (χ1) is 17.5. The molecule has 1 saturated heterocycles. The molecule has 1 aliphatic heterocycles. The standard InChI is InChI=1S/C29H21BrN2O4/c30-22-13-11-20(12-14-22)27(33)25-26(32(29(35)28(25)34)18-19-6-5-15-31-17-19)21-7-4-10-24(16-21)36-23-8-2-1-3-9-23/h1-17,26,33H,18H2/b27-25-. The zero-order valence-corrected chi connectivity index (χ0v) is 20.6. The maximum absolute atomic E-state index is 13.3. The van der Waals surface area contributed by atoms with E-state index in [4.69, 9.17) is 4.74 Å². The van der Waals surface area contributed by atoms with E-state index in [1.165, 1.54) is 4.90 Å². The first-order valence-electron chi connectivity index (χ1n) is 11.3. The van der Waals surface area contributed by atoms with Crippen LogP contribution in [0.1, 0.15) is 22.7 Å². The van der Waals surface area contributed by atoms with E-state index >= 15 is 0 Å². The fraction of sp³-hybridized carbons (Fsp3) is 0.0690. The lowest BCUT2D eigenvalue weighted by Gasteiger charge is -2.25. The minimum atomic E-state index is -0.812. The lowest BCUT2D eigenvalue weighted by Crippen LogP contribution is -2.29. The molecular weight excluding hydrogens is 520 g/mol. The number of Topliss-reactive ketones (excluding diaryl/α,β-unsaturated/α-hetero) is 1. The second-order valence-electron chi connectivity index (χ2n) is 8.28. The molecule has 3 aromatic carbocycles. The Morgan fingerprint density at radius 3 is 2.39 bits per heavy atom. The van der Waals surface area contributed by atoms with E-state index in [0.717, 1.165) is 10.0 Å². The maximum atomic E-state index is 13.3. The lowest BCUT2D eigenvalue weighted by molar-refractivity contribution is -0.140. The number of carbonyl (C=O) groups excluding carboxylic acids is 2. The van der Waals surface area contributed by atoms with Gasteiger partial charge >= 0.3 is 0 Å². The molecule has 5 rings (SSSR count). The van der Waals surface area contributed by atoms with Crippen molar-refractivity contribution in [2.75, 3.05) is 0 Å². The Kier molecular flexibility index (Phi) is 6.64. The summed E-state index contributed by atoms with van der Waals surface area (Å²) < 4.78 is 6.83. The van der Waals surface area contributed by atoms with Crippen molar-refractivity contribution in [3.05, 3.63) is 130 Å². The van der Waals surface area contributed by atoms with Gasteiger partial charge in [0.05, 0.1) is 11.6 Å². The molecule has 1 aliphatic rings. The van der Waals surface area contributed by atoms with Gasteiger partial charge in [-0.25, -0.2) is 0 Å². The van der Waals surface area contributed by atoms with Crippen LogP contribution in [0.5, 0.6) is 11.5 Å². The number of rotatable bonds is 6. The summed E-state index contributed by atoms with van der Waals surface area (Å²) >= 11 is 3.38. The number of carbonyl (C=O) groups is 2. The second kappa shape index (κ2) is 10.2. The predicted octanol–water partition coefficient (Wildman–Crippen LogP) is 6.26. The number of hydrogen-bond donors (Lipinski definition) is 1. The maximum Gasteiger partial charge on any atom is 0.295 e. The van der Waals surface area contributed by atoms with Gasteiger partial charge in [-0.1, -0.05) is 64.5 Å². The summed E-state index contributed by atoms with van der Waals surface area (Å²) in [7, 11) is 0. The third-order valence-electron chi connectivity index (χ3n) is 5.89. The Labute approximate surface area is 216 Å². The van der Waals surface area contributed by atoms with Crippen molar-refractivity contribution >= 4 is 33.4 Å². The first kappa shape index (κ1) is 23.5. The molecule has 0 spiro atoms. The van der Waals surface area contributed by atoms with Gasteiger partial charge in [0.2, 0.25) is 0 Å². The van der Waals surface area contributed by atoms with Gasteiger partial charge in [0.25, 0.3) is 11.7 Å². The van der Waals surface area contributed by atoms with Crippen LogP contribution in [0.15, 0.2) is 113 Å². The van der Waals surface area contributed by atoms with Crippen LogP contribution in [-0.2, 0) is 16.1 Å². The van der Waals surface area contributed by atoms with Gasteiger partial charge in [-0.3, -0.25) is 14.6 Å². The number of likely N-dealkylation sites (tertiary alicyclic amines) is 1. The summed E-state index contributed by atoms with van der Waals surface area (Å²) in [4.78, 5) is 32.1. The van der Waals surface area contributed by atoms with E-state index in [2.05, 4.69) is 20.9 Å². The largest absolute Gasteiger partial charge is 0.507 e. The van der Waals surface area contributed by atoms with Crippen LogP contribution in [0.25, 0.3) is 5.76 Å². The van der Waals surface area contributed by atoms with Crippen molar-refractivity contribution in [2.24, 2.45) is 0 Å². The van der Waals surface area contributed by atoms with Crippen LogP contribution in [0.4, 0.5) is 0 Å². The Hall–Kier alpha value is -4.23. The van der Waals surface area contributed by atoms with Gasteiger partial charge in [0.15, 0.2) is 0 Å². The number of ketones is 1. The molecule has 1 aromatic heterocycles. The number of aromatic nitrogens is 1. The molecular formula is C29H21BrN2O4. The quantitative estimate of drug-likeness (QED) is 0.177. The number of amides is 1. The number of ether oxygens (including phenoxy) is 1. The van der Waals surface area contributed by atoms with Crippen molar-refractivity contribution in [2.45, 2.75) is 12.6 Å². The number of hydrogen-bond acceptors (Lipinski definition) is 5. The molecule has 0 saturated carbocycles. The lowest BCUT2D eigenvalue weighted by atomic mass is 9.95. The second-order valence-corrected chi connectivity index (χ2v) is 9.20. The monoisotopic (exact) mass is 540 g/mol. The van der Waals surface area contributed by atoms with E-state index in [9.17, 15) is 14.7 Å². The minimum absolute atomic E-state index is 0.0306. The van der Waals surface area contributed by atoms with Crippen LogP contribution >= 0.6 is 15.9 Å². The molecule has 0 aliphatic carbocycles. The highest BCUT2D eigenvalue weighted by atomic mass is 79.9. The van der Waals surface area contributed by atoms with Gasteiger partial charge in [-0.15, -0.1) is 0 Å². The normalized spacial score (nSPS) is 16.8. The molecule has 36 heavy (non-hydrogen) atoms. The predicted molar refractivity (Wildman–Crippen MR) is 139 cm³/mol. The van der Waals surface area contributed by atoms with Crippen LogP contribution in [-0.4, -0.2) is 26.7 Å². The fourth-order valence-electron chi connectivity index (χ4n) is 4.21. The number of aliphatic hydroxyl groups is 1. The molecule has 4 aromatic rings. The topological polar surface area (TPSA) is 79.7 Å². The molecule has 7 heteroatoms. The third kappa shape index (κ3) is 4.78. The average Bonchev–Trinajstić information content (AvgIpc) is 3.15. The molecule has 178 valence electrons. The van der Waals surface area contributed by atoms with Gasteiger partial charge in [-0.2, -0.15) is 0 Å². The van der Waals surface area contributed by atoms with E-state index in [-0.39, 0.29) is 17.9 Å². The summed E-state index contributed by atoms with van der Waals surface area (Å²) in [5, 5.41) is 11.2. The smallest absolute Gasteiger partial charge is 0.295 e. The molecule has 1 amide bonds. The highest BCUT2D eigenvalue weighted by molar-refractivity contribution is 9.10. The summed E-state index contributed by atoms with van der Waals surface area (Å²) in [5.74, 6) is -0.437. The summed E-state index contributed by atoms with van der Waals surface area (Å²) in [6.45, 7) is 0.157. The van der Waals surface area contributed by atoms with Crippen LogP contribution in [0.2, 0.25) is 0 Å². The van der Waals surface area contributed by atoms with Gasteiger partial charge in [-0.05, 0) is 53.6 Å². The van der Waals surface area contributed by atoms with Crippen LogP contribution in [0.3, 0.4) is 0 Å². The number of aliphatic hydroxyl groups excluding tert-OH is 1. The Morgan fingerprint density at radius 2 is 1.67 bits per heavy atom. The van der Waals surface area contributed by atoms with Crippen molar-refractivity contribution in [1.82, 2.24) is 9.88 Å². The molecule has 0 bridgehead atoms. The molecule has 1 atom stereocenters. The zero-order valence-electron chi connectivity index (χ0n) is 19.0. The molecule has 1 fully saturated rings. The van der Waals surface area contributed by atoms with E-state index in [0.29, 0.717) is 22.6 Å². The Bertz CT molecular complexity index is 1440. The highest BCUT2D eigenvalue weighted by Gasteiger charge is 2.46. The average molecular weight is 541 g/mol. The van der Waals surface area contributed by atoms with Gasteiger partial charge < -0.3 is 14.7 Å². The number of pyridine rings is 1. The Balaban J connectivity index is 1.61. The van der Waals surface area contributed by atoms with Crippen molar-refractivity contribution in [3.63, 3.8) is 0 Å². The molecule has 0 radical (unpaired) electrons. The number of benzene rings is 3. The van der Waals surface area contributed by atoms with Crippen LogP contribution in [0, 0.1) is 0 Å². The van der Waals surface area contributed by atoms with Crippen molar-refractivity contribution in [1.29, 1.82) is 0 Å². The molecule has 2 heterocycles. The van der Waals surface area contributed by atoms with E-state index in [1.807, 2.05) is 42.5 Å². The number of halogens is 1.